The maximum atomic E-state index is 14.0. The van der Waals surface area contributed by atoms with E-state index in [1.165, 1.54) is 64.2 Å². The molecular formula is C40H76N4O2. The maximum absolute atomic E-state index is 14.0. The normalized spacial score (nSPS) is 37.8. The van der Waals surface area contributed by atoms with Crippen LogP contribution in [0.5, 0.6) is 0 Å². The van der Waals surface area contributed by atoms with Gasteiger partial charge in [-0.25, -0.2) is 0 Å². The van der Waals surface area contributed by atoms with Gasteiger partial charge in [-0.05, 0) is 174 Å². The van der Waals surface area contributed by atoms with Gasteiger partial charge < -0.3 is 26.8 Å². The van der Waals surface area contributed by atoms with Crippen molar-refractivity contribution in [3.63, 3.8) is 0 Å². The SMILES string of the molecule is CC(C)CCCC(C(=O)NCCCCNCCCNCCCCN)[C@H]1CC[C@@]2(C)C1CCC1[C@@]3(C)CC[C@@H](O)[C@@H](C)C3CC[C@@]12C. The highest BCUT2D eigenvalue weighted by molar-refractivity contribution is 5.79. The summed E-state index contributed by atoms with van der Waals surface area (Å²) in [5.41, 5.74) is 6.56. The number of aliphatic hydroxyl groups excluding tert-OH is 1. The van der Waals surface area contributed by atoms with Crippen molar-refractivity contribution in [2.75, 3.05) is 39.3 Å². The molecule has 0 aromatic heterocycles. The van der Waals surface area contributed by atoms with Gasteiger partial charge in [0.2, 0.25) is 5.91 Å². The number of unbranched alkanes of at least 4 members (excludes halogenated alkanes) is 2. The summed E-state index contributed by atoms with van der Waals surface area (Å²) in [7, 11) is 0. The lowest BCUT2D eigenvalue weighted by Crippen LogP contribution is -2.62. The van der Waals surface area contributed by atoms with Gasteiger partial charge in [-0.15, -0.1) is 0 Å². The number of fused-ring (bicyclic) bond motifs is 5. The molecule has 6 N–H and O–H groups in total. The minimum Gasteiger partial charge on any atom is -0.393 e. The van der Waals surface area contributed by atoms with E-state index in [0.717, 1.165) is 83.7 Å². The van der Waals surface area contributed by atoms with Crippen LogP contribution >= 0.6 is 0 Å². The van der Waals surface area contributed by atoms with E-state index in [9.17, 15) is 9.90 Å². The topological polar surface area (TPSA) is 99.4 Å². The lowest BCUT2D eigenvalue weighted by Gasteiger charge is -2.68. The van der Waals surface area contributed by atoms with E-state index in [1.54, 1.807) is 0 Å². The molecule has 0 saturated heterocycles. The van der Waals surface area contributed by atoms with Crippen LogP contribution in [0.2, 0.25) is 0 Å². The van der Waals surface area contributed by atoms with Gasteiger partial charge in [-0.3, -0.25) is 4.79 Å². The van der Waals surface area contributed by atoms with Gasteiger partial charge >= 0.3 is 0 Å². The van der Waals surface area contributed by atoms with Crippen LogP contribution < -0.4 is 21.7 Å². The molecule has 1 amide bonds. The first-order chi connectivity index (χ1) is 22.0. The molecule has 4 rings (SSSR count). The number of rotatable bonds is 19. The summed E-state index contributed by atoms with van der Waals surface area (Å²) in [6.07, 6.45) is 18.8. The molecule has 4 saturated carbocycles. The summed E-state index contributed by atoms with van der Waals surface area (Å²) in [5, 5.41) is 21.3. The number of amides is 1. The molecule has 0 aromatic carbocycles. The van der Waals surface area contributed by atoms with E-state index < -0.39 is 0 Å². The average molecular weight is 645 g/mol. The predicted molar refractivity (Wildman–Crippen MR) is 193 cm³/mol. The van der Waals surface area contributed by atoms with Crippen LogP contribution in [0.15, 0.2) is 0 Å². The van der Waals surface area contributed by atoms with Crippen LogP contribution in [-0.4, -0.2) is 56.4 Å². The summed E-state index contributed by atoms with van der Waals surface area (Å²) in [5.74, 6) is 4.22. The number of nitrogens with two attached hydrogens (primary N) is 1. The molecule has 4 aliphatic rings. The highest BCUT2D eigenvalue weighted by atomic mass is 16.3. The minimum absolute atomic E-state index is 0.115. The Morgan fingerprint density at radius 1 is 0.761 bits per heavy atom. The zero-order valence-electron chi connectivity index (χ0n) is 31.1. The third-order valence-corrected chi connectivity index (χ3v) is 14.8. The molecule has 0 heterocycles. The molecule has 0 bridgehead atoms. The first kappa shape index (κ1) is 38.1. The van der Waals surface area contributed by atoms with Gasteiger partial charge in [-0.1, -0.05) is 54.4 Å². The van der Waals surface area contributed by atoms with Crippen molar-refractivity contribution in [1.82, 2.24) is 16.0 Å². The summed E-state index contributed by atoms with van der Waals surface area (Å²) in [4.78, 5) is 14.0. The van der Waals surface area contributed by atoms with Crippen LogP contribution in [0.25, 0.3) is 0 Å². The minimum atomic E-state index is -0.115. The summed E-state index contributed by atoms with van der Waals surface area (Å²) in [6, 6.07) is 0. The lowest BCUT2D eigenvalue weighted by molar-refractivity contribution is -0.203. The van der Waals surface area contributed by atoms with E-state index in [4.69, 9.17) is 5.73 Å². The van der Waals surface area contributed by atoms with Crippen molar-refractivity contribution in [2.45, 2.75) is 150 Å². The second kappa shape index (κ2) is 17.3. The van der Waals surface area contributed by atoms with Crippen molar-refractivity contribution in [3.8, 4) is 0 Å². The monoisotopic (exact) mass is 645 g/mol. The second-order valence-corrected chi connectivity index (χ2v) is 17.7. The Labute approximate surface area is 284 Å². The Hall–Kier alpha value is -0.690. The molecule has 0 aromatic rings. The third kappa shape index (κ3) is 8.36. The van der Waals surface area contributed by atoms with E-state index in [0.29, 0.717) is 51.7 Å². The van der Waals surface area contributed by atoms with E-state index in [2.05, 4.69) is 57.5 Å². The van der Waals surface area contributed by atoms with Gasteiger partial charge in [0.05, 0.1) is 6.10 Å². The number of hydrogen-bond acceptors (Lipinski definition) is 5. The molecule has 4 unspecified atom stereocenters. The molecule has 4 aliphatic carbocycles. The standard InChI is InChI=1S/C40H76N4O2/c1-29(2)13-11-14-32(37(46)44-28-10-9-25-43-27-12-26-42-24-8-7-23-41)31-17-21-39(5)34(31)15-16-36-38(4)20-19-35(45)30(3)33(38)18-22-40(36,39)6/h29-36,42-43,45H,7-28,41H2,1-6H3,(H,44,46)/t30-,31+,32?,33?,34?,35+,36?,38-,39-,40-/m0/s1. The molecule has 268 valence electrons. The van der Waals surface area contributed by atoms with Crippen molar-refractivity contribution in [1.29, 1.82) is 0 Å². The Balaban J connectivity index is 1.30. The van der Waals surface area contributed by atoms with Crippen molar-refractivity contribution < 1.29 is 9.90 Å². The smallest absolute Gasteiger partial charge is 0.223 e. The number of carbonyl (C=O) groups excluding carboxylic acids is 1. The van der Waals surface area contributed by atoms with E-state index in [1.807, 2.05) is 0 Å². The number of hydrogen-bond donors (Lipinski definition) is 5. The average Bonchev–Trinajstić information content (AvgIpc) is 3.37. The largest absolute Gasteiger partial charge is 0.393 e. The lowest BCUT2D eigenvalue weighted by atomic mass is 9.37. The molecule has 46 heavy (non-hydrogen) atoms. The van der Waals surface area contributed by atoms with Crippen LogP contribution in [0.4, 0.5) is 0 Å². The second-order valence-electron chi connectivity index (χ2n) is 17.7. The number of carbonyl (C=O) groups is 1. The van der Waals surface area contributed by atoms with Crippen molar-refractivity contribution >= 4 is 5.91 Å². The van der Waals surface area contributed by atoms with Crippen LogP contribution in [0.1, 0.15) is 144 Å². The Kier molecular flexibility index (Phi) is 14.3. The van der Waals surface area contributed by atoms with Gasteiger partial charge in [0.25, 0.3) is 0 Å². The van der Waals surface area contributed by atoms with Crippen LogP contribution in [0, 0.1) is 57.7 Å². The maximum Gasteiger partial charge on any atom is 0.223 e. The first-order valence-corrected chi connectivity index (χ1v) is 20.1. The molecule has 4 fully saturated rings. The highest BCUT2D eigenvalue weighted by Crippen LogP contribution is 2.74. The zero-order chi connectivity index (χ0) is 33.4. The van der Waals surface area contributed by atoms with Crippen molar-refractivity contribution in [3.05, 3.63) is 0 Å². The first-order valence-electron chi connectivity index (χ1n) is 20.1. The molecule has 10 atom stereocenters. The molecular weight excluding hydrogens is 568 g/mol. The number of aliphatic hydroxyl groups is 1. The molecule has 0 spiro atoms. The van der Waals surface area contributed by atoms with Crippen LogP contribution in [-0.2, 0) is 4.79 Å². The van der Waals surface area contributed by atoms with Gasteiger partial charge in [0, 0.05) is 12.5 Å². The fraction of sp³-hybridized carbons (Fsp3) is 0.975. The highest BCUT2D eigenvalue weighted by Gasteiger charge is 2.67. The Bertz CT molecular complexity index is 929. The molecule has 0 aliphatic heterocycles. The van der Waals surface area contributed by atoms with Crippen LogP contribution in [0.3, 0.4) is 0 Å². The predicted octanol–water partition coefficient (Wildman–Crippen LogP) is 7.29. The molecule has 6 nitrogen and oxygen atoms in total. The summed E-state index contributed by atoms with van der Waals surface area (Å²) in [6.45, 7) is 20.7. The number of nitrogens with one attached hydrogen (secondary N) is 3. The van der Waals surface area contributed by atoms with Gasteiger partial charge in [-0.2, -0.15) is 0 Å². The molecule has 6 heteroatoms. The van der Waals surface area contributed by atoms with Crippen molar-refractivity contribution in [2.24, 2.45) is 63.4 Å². The fourth-order valence-corrected chi connectivity index (χ4v) is 11.9. The Morgan fingerprint density at radius 2 is 1.41 bits per heavy atom. The third-order valence-electron chi connectivity index (χ3n) is 14.8. The van der Waals surface area contributed by atoms with Gasteiger partial charge in [0.15, 0.2) is 0 Å². The van der Waals surface area contributed by atoms with E-state index in [-0.39, 0.29) is 12.0 Å². The quantitative estimate of drug-likeness (QED) is 0.0952. The molecule has 0 radical (unpaired) electrons. The zero-order valence-corrected chi connectivity index (χ0v) is 31.1. The van der Waals surface area contributed by atoms with Gasteiger partial charge in [0.1, 0.15) is 0 Å². The summed E-state index contributed by atoms with van der Waals surface area (Å²) >= 11 is 0. The summed E-state index contributed by atoms with van der Waals surface area (Å²) < 4.78 is 0. The Morgan fingerprint density at radius 3 is 2.11 bits per heavy atom. The van der Waals surface area contributed by atoms with E-state index >= 15 is 0 Å². The fourth-order valence-electron chi connectivity index (χ4n) is 11.9.